The lowest BCUT2D eigenvalue weighted by atomic mass is 9.96. The number of phenolic OH excluding ortho intramolecular Hbond substituents is 1. The van der Waals surface area contributed by atoms with Gasteiger partial charge < -0.3 is 15.6 Å². The number of ether oxygens (including phenoxy) is 1. The monoisotopic (exact) mass is 341 g/mol. The summed E-state index contributed by atoms with van der Waals surface area (Å²) in [4.78, 5) is 25.1. The van der Waals surface area contributed by atoms with Crippen LogP contribution >= 0.6 is 0 Å². The molecule has 132 valence electrons. The summed E-state index contributed by atoms with van der Waals surface area (Å²) in [7, 11) is 0. The molecule has 5 nitrogen and oxygen atoms in total. The van der Waals surface area contributed by atoms with Crippen molar-refractivity contribution in [3.63, 3.8) is 0 Å². The number of benzene rings is 2. The Kier molecular flexibility index (Phi) is 6.57. The molecule has 0 spiro atoms. The lowest BCUT2D eigenvalue weighted by Gasteiger charge is -2.11. The van der Waals surface area contributed by atoms with Gasteiger partial charge in [0.25, 0.3) is 0 Å². The third-order valence-corrected chi connectivity index (χ3v) is 3.90. The van der Waals surface area contributed by atoms with E-state index in [9.17, 15) is 14.7 Å². The zero-order valence-corrected chi connectivity index (χ0v) is 14.3. The van der Waals surface area contributed by atoms with Crippen LogP contribution in [0.3, 0.4) is 0 Å². The molecule has 0 aliphatic heterocycles. The molecule has 0 amide bonds. The molecule has 0 aliphatic carbocycles. The summed E-state index contributed by atoms with van der Waals surface area (Å²) in [6.07, 6.45) is 4.00. The summed E-state index contributed by atoms with van der Waals surface area (Å²) >= 11 is 0. The molecule has 3 N–H and O–H groups in total. The molecule has 2 rings (SSSR count). The number of anilines is 1. The summed E-state index contributed by atoms with van der Waals surface area (Å²) in [5.74, 6) is -0.869. The normalized spacial score (nSPS) is 10.4. The number of hydrogen-bond donors (Lipinski definition) is 2. The van der Waals surface area contributed by atoms with E-state index in [4.69, 9.17) is 10.5 Å². The van der Waals surface area contributed by atoms with Crippen molar-refractivity contribution < 1.29 is 19.4 Å². The highest BCUT2D eigenvalue weighted by Gasteiger charge is 2.22. The molecule has 0 radical (unpaired) electrons. The van der Waals surface area contributed by atoms with Crippen molar-refractivity contribution in [2.24, 2.45) is 0 Å². The fourth-order valence-corrected chi connectivity index (χ4v) is 2.52. The van der Waals surface area contributed by atoms with Crippen LogP contribution in [0.5, 0.6) is 5.75 Å². The van der Waals surface area contributed by atoms with Crippen LogP contribution in [-0.4, -0.2) is 23.5 Å². The fourth-order valence-electron chi connectivity index (χ4n) is 2.52. The number of aromatic hydroxyl groups is 1. The van der Waals surface area contributed by atoms with Crippen molar-refractivity contribution in [2.45, 2.75) is 32.6 Å². The van der Waals surface area contributed by atoms with Gasteiger partial charge in [0, 0.05) is 11.3 Å². The molecule has 0 bridgehead atoms. The first-order chi connectivity index (χ1) is 12.0. The summed E-state index contributed by atoms with van der Waals surface area (Å²) in [6.45, 7) is 2.43. The van der Waals surface area contributed by atoms with Crippen LogP contribution < -0.4 is 5.73 Å². The van der Waals surface area contributed by atoms with E-state index in [1.54, 1.807) is 18.2 Å². The lowest BCUT2D eigenvalue weighted by Crippen LogP contribution is -2.15. The molecule has 2 aromatic rings. The molecule has 0 fully saturated rings. The zero-order chi connectivity index (χ0) is 18.2. The largest absolute Gasteiger partial charge is 0.508 e. The first kappa shape index (κ1) is 18.5. The second kappa shape index (κ2) is 8.87. The van der Waals surface area contributed by atoms with Crippen molar-refractivity contribution >= 4 is 17.4 Å². The minimum Gasteiger partial charge on any atom is -0.508 e. The van der Waals surface area contributed by atoms with E-state index in [0.717, 1.165) is 25.7 Å². The zero-order valence-electron chi connectivity index (χ0n) is 14.3. The molecule has 0 aromatic heterocycles. The molecule has 0 saturated heterocycles. The van der Waals surface area contributed by atoms with E-state index in [1.807, 2.05) is 0 Å². The van der Waals surface area contributed by atoms with Crippen LogP contribution in [0, 0.1) is 0 Å². The molecule has 0 atom stereocenters. The summed E-state index contributed by atoms with van der Waals surface area (Å²) in [6, 6.07) is 10.5. The van der Waals surface area contributed by atoms with E-state index in [0.29, 0.717) is 12.2 Å². The van der Waals surface area contributed by atoms with Gasteiger partial charge in [-0.05, 0) is 42.8 Å². The Balaban J connectivity index is 2.19. The maximum absolute atomic E-state index is 12.7. The average molecular weight is 341 g/mol. The Morgan fingerprint density at radius 2 is 1.76 bits per heavy atom. The van der Waals surface area contributed by atoms with E-state index in [-0.39, 0.29) is 28.3 Å². The number of ketones is 1. The van der Waals surface area contributed by atoms with Gasteiger partial charge in [-0.25, -0.2) is 4.79 Å². The van der Waals surface area contributed by atoms with E-state index in [2.05, 4.69) is 6.92 Å². The first-order valence-electron chi connectivity index (χ1n) is 8.44. The molecule has 25 heavy (non-hydrogen) atoms. The van der Waals surface area contributed by atoms with Crippen molar-refractivity contribution in [1.82, 2.24) is 0 Å². The van der Waals surface area contributed by atoms with E-state index < -0.39 is 5.97 Å². The van der Waals surface area contributed by atoms with Crippen molar-refractivity contribution in [2.75, 3.05) is 12.3 Å². The predicted octanol–water partition coefficient (Wildman–Crippen LogP) is 3.94. The number of esters is 1. The van der Waals surface area contributed by atoms with Gasteiger partial charge in [-0.15, -0.1) is 0 Å². The third-order valence-electron chi connectivity index (χ3n) is 3.90. The number of unbranched alkanes of at least 4 members (excludes halogenated alkanes) is 3. The van der Waals surface area contributed by atoms with Gasteiger partial charge in [-0.2, -0.15) is 0 Å². The number of rotatable bonds is 8. The van der Waals surface area contributed by atoms with Crippen LogP contribution in [0.25, 0.3) is 0 Å². The number of carbonyl (C=O) groups is 2. The van der Waals surface area contributed by atoms with Gasteiger partial charge >= 0.3 is 5.97 Å². The fraction of sp³-hybridized carbons (Fsp3) is 0.300. The summed E-state index contributed by atoms with van der Waals surface area (Å²) < 4.78 is 5.29. The van der Waals surface area contributed by atoms with Crippen LogP contribution in [0.2, 0.25) is 0 Å². The second-order valence-electron chi connectivity index (χ2n) is 5.84. The standard InChI is InChI=1S/C20H23NO4/c1-2-3-4-5-13-25-20(24)16-7-6-8-17(21)18(16)19(23)14-9-11-15(22)12-10-14/h6-12,22H,2-5,13,21H2,1H3. The smallest absolute Gasteiger partial charge is 0.338 e. The third kappa shape index (κ3) is 4.83. The first-order valence-corrected chi connectivity index (χ1v) is 8.44. The Bertz CT molecular complexity index is 738. The molecular weight excluding hydrogens is 318 g/mol. The Morgan fingerprint density at radius 3 is 2.44 bits per heavy atom. The minimum atomic E-state index is -0.550. The number of nitrogen functional groups attached to an aromatic ring is 1. The minimum absolute atomic E-state index is 0.0595. The van der Waals surface area contributed by atoms with Crippen LogP contribution in [0.1, 0.15) is 58.9 Å². The van der Waals surface area contributed by atoms with Gasteiger partial charge in [0.05, 0.1) is 17.7 Å². The van der Waals surface area contributed by atoms with E-state index >= 15 is 0 Å². The van der Waals surface area contributed by atoms with Gasteiger partial charge in [0.2, 0.25) is 0 Å². The SMILES string of the molecule is CCCCCCOC(=O)c1cccc(N)c1C(=O)c1ccc(O)cc1. The number of phenols is 1. The Labute approximate surface area is 147 Å². The van der Waals surface area contributed by atoms with Gasteiger partial charge in [0.15, 0.2) is 5.78 Å². The van der Waals surface area contributed by atoms with Gasteiger partial charge in [-0.3, -0.25) is 4.79 Å². The molecular formula is C20H23NO4. The number of hydrogen-bond acceptors (Lipinski definition) is 5. The molecule has 2 aromatic carbocycles. The van der Waals surface area contributed by atoms with Gasteiger partial charge in [0.1, 0.15) is 5.75 Å². The van der Waals surface area contributed by atoms with Crippen molar-refractivity contribution in [1.29, 1.82) is 0 Å². The van der Waals surface area contributed by atoms with Gasteiger partial charge in [-0.1, -0.05) is 32.3 Å². The Morgan fingerprint density at radius 1 is 1.04 bits per heavy atom. The number of nitrogens with two attached hydrogens (primary N) is 1. The summed E-state index contributed by atoms with van der Waals surface area (Å²) in [5, 5.41) is 9.35. The maximum atomic E-state index is 12.7. The maximum Gasteiger partial charge on any atom is 0.338 e. The second-order valence-corrected chi connectivity index (χ2v) is 5.84. The van der Waals surface area contributed by atoms with Crippen molar-refractivity contribution in [3.8, 4) is 5.75 Å². The Hall–Kier alpha value is -2.82. The summed E-state index contributed by atoms with van der Waals surface area (Å²) in [5.41, 5.74) is 6.80. The molecule has 0 heterocycles. The quantitative estimate of drug-likeness (QED) is 0.328. The highest BCUT2D eigenvalue weighted by molar-refractivity contribution is 6.17. The number of carbonyl (C=O) groups excluding carboxylic acids is 2. The molecule has 0 aliphatic rings. The topological polar surface area (TPSA) is 89.6 Å². The van der Waals surface area contributed by atoms with Crippen LogP contribution in [0.4, 0.5) is 5.69 Å². The van der Waals surface area contributed by atoms with Crippen LogP contribution in [0.15, 0.2) is 42.5 Å². The lowest BCUT2D eigenvalue weighted by molar-refractivity contribution is 0.0495. The van der Waals surface area contributed by atoms with Crippen molar-refractivity contribution in [3.05, 3.63) is 59.2 Å². The molecule has 0 unspecified atom stereocenters. The highest BCUT2D eigenvalue weighted by Crippen LogP contribution is 2.23. The van der Waals surface area contributed by atoms with Crippen LogP contribution in [-0.2, 0) is 4.74 Å². The molecule has 0 saturated carbocycles. The predicted molar refractivity (Wildman–Crippen MR) is 96.8 cm³/mol. The average Bonchev–Trinajstić information content (AvgIpc) is 2.61. The molecule has 5 heteroatoms. The highest BCUT2D eigenvalue weighted by atomic mass is 16.5. The van der Waals surface area contributed by atoms with E-state index in [1.165, 1.54) is 24.3 Å².